The number of furan rings is 1. The Hall–Kier alpha value is -3.56. The molecule has 1 aliphatic rings. The maximum Gasteiger partial charge on any atom is 0.287 e. The highest BCUT2D eigenvalue weighted by Crippen LogP contribution is 2.29. The van der Waals surface area contributed by atoms with Gasteiger partial charge in [0.25, 0.3) is 11.8 Å². The molecule has 36 heavy (non-hydrogen) atoms. The first-order valence-electron chi connectivity index (χ1n) is 11.9. The summed E-state index contributed by atoms with van der Waals surface area (Å²) < 4.78 is 11.4. The molecule has 1 saturated heterocycles. The summed E-state index contributed by atoms with van der Waals surface area (Å²) in [6.45, 7) is 3.95. The van der Waals surface area contributed by atoms with Gasteiger partial charge < -0.3 is 30.4 Å². The zero-order chi connectivity index (χ0) is 25.5. The van der Waals surface area contributed by atoms with Crippen molar-refractivity contribution in [1.82, 2.24) is 21.3 Å². The number of hydrogen-bond acceptors (Lipinski definition) is 6. The van der Waals surface area contributed by atoms with E-state index in [9.17, 15) is 14.4 Å². The minimum atomic E-state index is -1.09. The van der Waals surface area contributed by atoms with Gasteiger partial charge in [-0.2, -0.15) is 0 Å². The minimum Gasteiger partial charge on any atom is -0.490 e. The van der Waals surface area contributed by atoms with Crippen molar-refractivity contribution < 1.29 is 23.5 Å². The maximum atomic E-state index is 13.2. The molecule has 9 nitrogen and oxygen atoms in total. The van der Waals surface area contributed by atoms with Crippen LogP contribution in [0.1, 0.15) is 40.7 Å². The number of nitrogens with one attached hydrogen (secondary N) is 4. The SMILES string of the molecule is CCOc1cccc2cc(C(=O)NC3(C(=O)NCCNC(=O)c4ccc(Cl)cc4)CCNCC3)oc12. The molecule has 10 heteroatoms. The summed E-state index contributed by atoms with van der Waals surface area (Å²) in [7, 11) is 0. The number of piperidine rings is 1. The highest BCUT2D eigenvalue weighted by molar-refractivity contribution is 6.30. The number of benzene rings is 2. The van der Waals surface area contributed by atoms with Crippen LogP contribution in [-0.2, 0) is 4.79 Å². The molecular formula is C26H29ClN4O5. The van der Waals surface area contributed by atoms with E-state index in [-0.39, 0.29) is 30.7 Å². The Morgan fingerprint density at radius 1 is 1.03 bits per heavy atom. The van der Waals surface area contributed by atoms with Crippen LogP contribution in [0.2, 0.25) is 5.02 Å². The van der Waals surface area contributed by atoms with Crippen molar-refractivity contribution in [3.63, 3.8) is 0 Å². The molecule has 4 N–H and O–H groups in total. The summed E-state index contributed by atoms with van der Waals surface area (Å²) in [5, 5.41) is 13.0. The van der Waals surface area contributed by atoms with Crippen LogP contribution in [0.15, 0.2) is 52.9 Å². The highest BCUT2D eigenvalue weighted by atomic mass is 35.5. The van der Waals surface area contributed by atoms with Crippen LogP contribution < -0.4 is 26.0 Å². The molecule has 1 aromatic heterocycles. The fraction of sp³-hybridized carbons (Fsp3) is 0.346. The molecule has 1 fully saturated rings. The Labute approximate surface area is 213 Å². The lowest BCUT2D eigenvalue weighted by Gasteiger charge is -2.36. The Balaban J connectivity index is 1.39. The summed E-state index contributed by atoms with van der Waals surface area (Å²) in [5.74, 6) is -0.366. The van der Waals surface area contributed by atoms with Gasteiger partial charge in [-0.15, -0.1) is 0 Å². The van der Waals surface area contributed by atoms with Gasteiger partial charge in [0.15, 0.2) is 17.1 Å². The topological polar surface area (TPSA) is 122 Å². The van der Waals surface area contributed by atoms with Gasteiger partial charge in [-0.05, 0) is 69.3 Å². The average molecular weight is 513 g/mol. The average Bonchev–Trinajstić information content (AvgIpc) is 3.33. The van der Waals surface area contributed by atoms with Gasteiger partial charge in [0, 0.05) is 29.1 Å². The number of halogens is 1. The van der Waals surface area contributed by atoms with E-state index in [0.29, 0.717) is 54.5 Å². The Morgan fingerprint density at radius 3 is 2.47 bits per heavy atom. The summed E-state index contributed by atoms with van der Waals surface area (Å²) >= 11 is 5.86. The molecule has 0 spiro atoms. The molecule has 0 radical (unpaired) electrons. The molecule has 190 valence electrons. The smallest absolute Gasteiger partial charge is 0.287 e. The number of hydrogen-bond donors (Lipinski definition) is 4. The lowest BCUT2D eigenvalue weighted by Crippen LogP contribution is -2.63. The molecule has 0 atom stereocenters. The van der Waals surface area contributed by atoms with E-state index in [1.54, 1.807) is 36.4 Å². The van der Waals surface area contributed by atoms with Crippen molar-refractivity contribution >= 4 is 40.3 Å². The van der Waals surface area contributed by atoms with Crippen LogP contribution in [0.5, 0.6) is 5.75 Å². The normalized spacial score (nSPS) is 14.7. The third-order valence-electron chi connectivity index (χ3n) is 6.08. The molecule has 3 amide bonds. The second-order valence-electron chi connectivity index (χ2n) is 8.52. The lowest BCUT2D eigenvalue weighted by molar-refractivity contribution is -0.128. The van der Waals surface area contributed by atoms with E-state index < -0.39 is 11.4 Å². The van der Waals surface area contributed by atoms with Crippen molar-refractivity contribution in [3.8, 4) is 5.75 Å². The third kappa shape index (κ3) is 5.80. The second-order valence-corrected chi connectivity index (χ2v) is 8.96. The molecule has 2 heterocycles. The summed E-state index contributed by atoms with van der Waals surface area (Å²) in [6, 6.07) is 13.6. The van der Waals surface area contributed by atoms with Crippen LogP contribution in [0, 0.1) is 0 Å². The number of amides is 3. The van der Waals surface area contributed by atoms with Gasteiger partial charge in [0.05, 0.1) is 6.61 Å². The minimum absolute atomic E-state index is 0.109. The van der Waals surface area contributed by atoms with E-state index in [1.807, 2.05) is 19.1 Å². The standard InChI is InChI=1S/C26H29ClN4O5/c1-2-35-20-5-3-4-18-16-21(36-22(18)20)24(33)31-26(10-12-28-13-11-26)25(34)30-15-14-29-23(32)17-6-8-19(27)9-7-17/h3-9,16,28H,2,10-15H2,1H3,(H,29,32)(H,30,34)(H,31,33). The van der Waals surface area contributed by atoms with Gasteiger partial charge in [-0.1, -0.05) is 23.7 Å². The van der Waals surface area contributed by atoms with Gasteiger partial charge in [0.1, 0.15) is 5.54 Å². The summed E-state index contributed by atoms with van der Waals surface area (Å²) in [5.41, 5.74) is -0.125. The first kappa shape index (κ1) is 25.5. The summed E-state index contributed by atoms with van der Waals surface area (Å²) in [4.78, 5) is 38.6. The number of para-hydroxylation sites is 1. The van der Waals surface area contributed by atoms with Crippen molar-refractivity contribution in [2.75, 3.05) is 32.8 Å². The molecule has 0 saturated carbocycles. The monoisotopic (exact) mass is 512 g/mol. The Morgan fingerprint density at radius 2 is 1.75 bits per heavy atom. The molecule has 2 aromatic carbocycles. The van der Waals surface area contributed by atoms with E-state index >= 15 is 0 Å². The second kappa shape index (κ2) is 11.5. The van der Waals surface area contributed by atoms with E-state index in [2.05, 4.69) is 21.3 Å². The molecule has 4 rings (SSSR count). The quantitative estimate of drug-likeness (QED) is 0.327. The van der Waals surface area contributed by atoms with Crippen LogP contribution in [0.25, 0.3) is 11.0 Å². The maximum absolute atomic E-state index is 13.2. The van der Waals surface area contributed by atoms with E-state index in [0.717, 1.165) is 5.39 Å². The Kier molecular flexibility index (Phi) is 8.12. The number of carbonyl (C=O) groups excluding carboxylic acids is 3. The molecule has 0 unspecified atom stereocenters. The number of fused-ring (bicyclic) bond motifs is 1. The highest BCUT2D eigenvalue weighted by Gasteiger charge is 2.41. The van der Waals surface area contributed by atoms with E-state index in [1.165, 1.54) is 0 Å². The number of rotatable bonds is 9. The molecule has 3 aromatic rings. The zero-order valence-electron chi connectivity index (χ0n) is 20.0. The predicted octanol–water partition coefficient (Wildman–Crippen LogP) is 2.88. The largest absolute Gasteiger partial charge is 0.490 e. The van der Waals surface area contributed by atoms with E-state index in [4.69, 9.17) is 20.8 Å². The van der Waals surface area contributed by atoms with Crippen LogP contribution in [0.3, 0.4) is 0 Å². The Bertz CT molecular complexity index is 1230. The predicted molar refractivity (Wildman–Crippen MR) is 136 cm³/mol. The molecule has 0 bridgehead atoms. The van der Waals surface area contributed by atoms with Crippen molar-refractivity contribution in [1.29, 1.82) is 0 Å². The van der Waals surface area contributed by atoms with Gasteiger partial charge >= 0.3 is 0 Å². The van der Waals surface area contributed by atoms with Gasteiger partial charge in [-0.3, -0.25) is 14.4 Å². The lowest BCUT2D eigenvalue weighted by atomic mass is 9.87. The fourth-order valence-electron chi connectivity index (χ4n) is 4.18. The fourth-order valence-corrected chi connectivity index (χ4v) is 4.31. The van der Waals surface area contributed by atoms with Crippen molar-refractivity contribution in [3.05, 3.63) is 64.9 Å². The summed E-state index contributed by atoms with van der Waals surface area (Å²) in [6.07, 6.45) is 0.845. The van der Waals surface area contributed by atoms with Crippen LogP contribution in [0.4, 0.5) is 0 Å². The first-order valence-corrected chi connectivity index (χ1v) is 12.3. The van der Waals surface area contributed by atoms with Gasteiger partial charge in [-0.25, -0.2) is 0 Å². The van der Waals surface area contributed by atoms with Crippen molar-refractivity contribution in [2.24, 2.45) is 0 Å². The number of carbonyl (C=O) groups is 3. The van der Waals surface area contributed by atoms with Gasteiger partial charge in [0.2, 0.25) is 5.91 Å². The van der Waals surface area contributed by atoms with Crippen molar-refractivity contribution in [2.45, 2.75) is 25.3 Å². The third-order valence-corrected chi connectivity index (χ3v) is 6.33. The molecule has 1 aliphatic heterocycles. The molecular weight excluding hydrogens is 484 g/mol. The van der Waals surface area contributed by atoms with Crippen LogP contribution >= 0.6 is 11.6 Å². The molecule has 0 aliphatic carbocycles. The number of ether oxygens (including phenoxy) is 1. The zero-order valence-corrected chi connectivity index (χ0v) is 20.7. The first-order chi connectivity index (χ1) is 17.4. The van der Waals surface area contributed by atoms with Crippen LogP contribution in [-0.4, -0.2) is 56.0 Å².